The second-order valence-electron chi connectivity index (χ2n) is 4.33. The van der Waals surface area contributed by atoms with Gasteiger partial charge in [0.15, 0.2) is 0 Å². The molecular weight excluding hydrogens is 242 g/mol. The summed E-state index contributed by atoms with van der Waals surface area (Å²) < 4.78 is 10.7. The number of H-pyrrole nitrogens is 1. The van der Waals surface area contributed by atoms with E-state index in [-0.39, 0.29) is 5.97 Å². The Morgan fingerprint density at radius 2 is 2.16 bits per heavy atom. The normalized spacial score (nSPS) is 10.6. The minimum Gasteiger partial charge on any atom is -0.491 e. The van der Waals surface area contributed by atoms with Gasteiger partial charge in [-0.3, -0.25) is 0 Å². The van der Waals surface area contributed by atoms with E-state index in [1.54, 1.807) is 13.0 Å². The summed E-state index contributed by atoms with van der Waals surface area (Å²) in [6.07, 6.45) is 2.11. The molecule has 2 aromatic rings. The van der Waals surface area contributed by atoms with Gasteiger partial charge in [0, 0.05) is 5.39 Å². The highest BCUT2D eigenvalue weighted by Gasteiger charge is 2.12. The molecule has 1 N–H and O–H groups in total. The molecule has 0 bridgehead atoms. The van der Waals surface area contributed by atoms with Crippen LogP contribution in [0.3, 0.4) is 0 Å². The summed E-state index contributed by atoms with van der Waals surface area (Å²) in [6.45, 7) is 4.97. The molecule has 0 aliphatic rings. The highest BCUT2D eigenvalue weighted by Crippen LogP contribution is 2.26. The number of rotatable bonds is 6. The molecule has 1 aromatic carbocycles. The minimum atomic E-state index is -0.335. The van der Waals surface area contributed by atoms with Gasteiger partial charge in [-0.25, -0.2) is 4.79 Å². The van der Waals surface area contributed by atoms with Crippen LogP contribution >= 0.6 is 0 Å². The lowest BCUT2D eigenvalue weighted by Gasteiger charge is -2.06. The molecule has 1 aromatic heterocycles. The molecule has 0 amide bonds. The fourth-order valence-corrected chi connectivity index (χ4v) is 1.89. The maximum Gasteiger partial charge on any atom is 0.354 e. The van der Waals surface area contributed by atoms with Gasteiger partial charge in [0.1, 0.15) is 11.4 Å². The van der Waals surface area contributed by atoms with E-state index < -0.39 is 0 Å². The second-order valence-corrected chi connectivity index (χ2v) is 4.33. The third-order valence-corrected chi connectivity index (χ3v) is 2.87. The van der Waals surface area contributed by atoms with Gasteiger partial charge in [0.05, 0.1) is 18.7 Å². The number of hydrogen-bond acceptors (Lipinski definition) is 3. The fourth-order valence-electron chi connectivity index (χ4n) is 1.89. The lowest BCUT2D eigenvalue weighted by molar-refractivity contribution is 0.0520. The van der Waals surface area contributed by atoms with Crippen molar-refractivity contribution in [1.29, 1.82) is 0 Å². The first-order chi connectivity index (χ1) is 9.26. The molecule has 4 heteroatoms. The van der Waals surface area contributed by atoms with Crippen LogP contribution in [-0.2, 0) is 4.74 Å². The predicted octanol–water partition coefficient (Wildman–Crippen LogP) is 3.52. The second kappa shape index (κ2) is 6.27. The number of fused-ring (bicyclic) bond motifs is 1. The zero-order valence-corrected chi connectivity index (χ0v) is 11.4. The maximum atomic E-state index is 11.7. The molecule has 0 saturated heterocycles. The van der Waals surface area contributed by atoms with E-state index in [4.69, 9.17) is 9.47 Å². The van der Waals surface area contributed by atoms with Crippen molar-refractivity contribution in [3.63, 3.8) is 0 Å². The summed E-state index contributed by atoms with van der Waals surface area (Å²) in [6, 6.07) is 7.57. The number of benzene rings is 1. The standard InChI is InChI=1S/C15H19NO3/c1-3-5-9-19-13-8-6-7-11-10-12(16-14(11)13)15(17)18-4-2/h6-8,10,16H,3-5,9H2,1-2H3. The van der Waals surface area contributed by atoms with Crippen LogP contribution in [0.5, 0.6) is 5.75 Å². The Kier molecular flexibility index (Phi) is 4.44. The van der Waals surface area contributed by atoms with Crippen molar-refractivity contribution < 1.29 is 14.3 Å². The van der Waals surface area contributed by atoms with Gasteiger partial charge >= 0.3 is 5.97 Å². The lowest BCUT2D eigenvalue weighted by Crippen LogP contribution is -2.04. The summed E-state index contributed by atoms with van der Waals surface area (Å²) >= 11 is 0. The van der Waals surface area contributed by atoms with Crippen molar-refractivity contribution in [2.24, 2.45) is 0 Å². The third kappa shape index (κ3) is 3.08. The van der Waals surface area contributed by atoms with Crippen molar-refractivity contribution in [1.82, 2.24) is 4.98 Å². The Hall–Kier alpha value is -1.97. The molecule has 0 spiro atoms. The molecular formula is C15H19NO3. The molecule has 0 radical (unpaired) electrons. The highest BCUT2D eigenvalue weighted by molar-refractivity contribution is 5.96. The quantitative estimate of drug-likeness (QED) is 0.639. The van der Waals surface area contributed by atoms with Crippen LogP contribution in [0.15, 0.2) is 24.3 Å². The predicted molar refractivity (Wildman–Crippen MR) is 74.7 cm³/mol. The molecule has 19 heavy (non-hydrogen) atoms. The van der Waals surface area contributed by atoms with Crippen LogP contribution in [0.4, 0.5) is 0 Å². The average molecular weight is 261 g/mol. The average Bonchev–Trinajstić information content (AvgIpc) is 2.84. The Labute approximate surface area is 112 Å². The van der Waals surface area contributed by atoms with Crippen molar-refractivity contribution in [3.8, 4) is 5.75 Å². The lowest BCUT2D eigenvalue weighted by atomic mass is 10.2. The number of para-hydroxylation sites is 1. The Bertz CT molecular complexity index is 560. The Morgan fingerprint density at radius 3 is 2.89 bits per heavy atom. The molecule has 1 heterocycles. The van der Waals surface area contributed by atoms with Crippen LogP contribution in [0.1, 0.15) is 37.2 Å². The van der Waals surface area contributed by atoms with Crippen LogP contribution in [0, 0.1) is 0 Å². The summed E-state index contributed by atoms with van der Waals surface area (Å²) in [4.78, 5) is 14.8. The van der Waals surface area contributed by atoms with Gasteiger partial charge in [-0.2, -0.15) is 0 Å². The van der Waals surface area contributed by atoms with E-state index in [1.807, 2.05) is 18.2 Å². The molecule has 0 fully saturated rings. The van der Waals surface area contributed by atoms with E-state index in [0.29, 0.717) is 18.9 Å². The van der Waals surface area contributed by atoms with Crippen LogP contribution in [-0.4, -0.2) is 24.2 Å². The van der Waals surface area contributed by atoms with Gasteiger partial charge in [-0.15, -0.1) is 0 Å². The summed E-state index contributed by atoms with van der Waals surface area (Å²) in [5, 5.41) is 0.956. The number of unbranched alkanes of at least 4 members (excludes halogenated alkanes) is 1. The summed E-state index contributed by atoms with van der Waals surface area (Å²) in [7, 11) is 0. The van der Waals surface area contributed by atoms with Crippen molar-refractivity contribution in [2.75, 3.05) is 13.2 Å². The number of hydrogen-bond donors (Lipinski definition) is 1. The van der Waals surface area contributed by atoms with Gasteiger partial charge in [0.25, 0.3) is 0 Å². The molecule has 102 valence electrons. The minimum absolute atomic E-state index is 0.335. The van der Waals surface area contributed by atoms with Crippen LogP contribution < -0.4 is 4.74 Å². The fraction of sp³-hybridized carbons (Fsp3) is 0.400. The van der Waals surface area contributed by atoms with Crippen LogP contribution in [0.2, 0.25) is 0 Å². The number of carbonyl (C=O) groups is 1. The number of carbonyl (C=O) groups excluding carboxylic acids is 1. The van der Waals surface area contributed by atoms with E-state index in [1.165, 1.54) is 0 Å². The van der Waals surface area contributed by atoms with Gasteiger partial charge in [-0.1, -0.05) is 25.5 Å². The van der Waals surface area contributed by atoms with Gasteiger partial charge < -0.3 is 14.5 Å². The molecule has 0 aliphatic heterocycles. The maximum absolute atomic E-state index is 11.7. The molecule has 0 unspecified atom stereocenters. The number of esters is 1. The Balaban J connectivity index is 2.26. The number of nitrogens with one attached hydrogen (secondary N) is 1. The highest BCUT2D eigenvalue weighted by atomic mass is 16.5. The zero-order chi connectivity index (χ0) is 13.7. The number of aromatic amines is 1. The van der Waals surface area contributed by atoms with E-state index in [2.05, 4.69) is 11.9 Å². The number of aromatic nitrogens is 1. The first-order valence-corrected chi connectivity index (χ1v) is 6.68. The van der Waals surface area contributed by atoms with Crippen molar-refractivity contribution >= 4 is 16.9 Å². The monoisotopic (exact) mass is 261 g/mol. The topological polar surface area (TPSA) is 51.3 Å². The zero-order valence-electron chi connectivity index (χ0n) is 11.4. The first-order valence-electron chi connectivity index (χ1n) is 6.68. The van der Waals surface area contributed by atoms with Gasteiger partial charge in [-0.05, 0) is 25.5 Å². The molecule has 0 saturated carbocycles. The summed E-state index contributed by atoms with van der Waals surface area (Å²) in [5.74, 6) is 0.444. The SMILES string of the molecule is CCCCOc1cccc2cc(C(=O)OCC)[nH]c12. The van der Waals surface area contributed by atoms with Crippen molar-refractivity contribution in [3.05, 3.63) is 30.0 Å². The molecule has 0 aliphatic carbocycles. The molecule has 2 rings (SSSR count). The van der Waals surface area contributed by atoms with E-state index in [9.17, 15) is 4.79 Å². The van der Waals surface area contributed by atoms with Crippen LogP contribution in [0.25, 0.3) is 10.9 Å². The van der Waals surface area contributed by atoms with E-state index >= 15 is 0 Å². The van der Waals surface area contributed by atoms with Gasteiger partial charge in [0.2, 0.25) is 0 Å². The van der Waals surface area contributed by atoms with E-state index in [0.717, 1.165) is 29.5 Å². The first kappa shape index (κ1) is 13.5. The number of ether oxygens (including phenoxy) is 2. The Morgan fingerprint density at radius 1 is 1.32 bits per heavy atom. The molecule has 4 nitrogen and oxygen atoms in total. The smallest absolute Gasteiger partial charge is 0.354 e. The molecule has 0 atom stereocenters. The third-order valence-electron chi connectivity index (χ3n) is 2.87. The van der Waals surface area contributed by atoms with Crippen molar-refractivity contribution in [2.45, 2.75) is 26.7 Å². The largest absolute Gasteiger partial charge is 0.491 e. The summed E-state index contributed by atoms with van der Waals surface area (Å²) in [5.41, 5.74) is 1.31.